The number of hydrogen-bond donors (Lipinski definition) is 1. The highest BCUT2D eigenvalue weighted by atomic mass is 32.2. The van der Waals surface area contributed by atoms with Gasteiger partial charge in [0.1, 0.15) is 0 Å². The quantitative estimate of drug-likeness (QED) is 0.748. The lowest BCUT2D eigenvalue weighted by molar-refractivity contribution is -0.123. The van der Waals surface area contributed by atoms with E-state index in [4.69, 9.17) is 10.5 Å². The Bertz CT molecular complexity index is 289. The molecular weight excluding hydrogens is 198 g/mol. The zero-order valence-corrected chi connectivity index (χ0v) is 8.79. The maximum atomic E-state index is 10.8. The molecule has 0 bridgehead atoms. The normalized spacial score (nSPS) is 12.4. The van der Waals surface area contributed by atoms with Gasteiger partial charge in [0, 0.05) is 12.9 Å². The lowest BCUT2D eigenvalue weighted by Gasteiger charge is -2.10. The first-order valence-electron chi connectivity index (χ1n) is 4.21. The largest absolute Gasteiger partial charge is 0.367 e. The van der Waals surface area contributed by atoms with Gasteiger partial charge in [-0.05, 0) is 5.56 Å². The van der Waals surface area contributed by atoms with Crippen molar-refractivity contribution in [1.29, 1.82) is 0 Å². The number of hydrogen-bond acceptors (Lipinski definition) is 3. The number of benzene rings is 1. The Morgan fingerprint density at radius 1 is 1.50 bits per heavy atom. The summed E-state index contributed by atoms with van der Waals surface area (Å²) in [5, 5.41) is 0. The zero-order valence-electron chi connectivity index (χ0n) is 7.97. The first-order chi connectivity index (χ1) is 6.74. The molecule has 1 rings (SSSR count). The van der Waals surface area contributed by atoms with Crippen LogP contribution in [0.3, 0.4) is 0 Å². The van der Waals surface area contributed by atoms with Crippen molar-refractivity contribution in [3.05, 3.63) is 35.9 Å². The van der Waals surface area contributed by atoms with Crippen LogP contribution >= 0.6 is 11.8 Å². The zero-order chi connectivity index (χ0) is 10.4. The van der Waals surface area contributed by atoms with Crippen LogP contribution in [0.1, 0.15) is 5.56 Å². The van der Waals surface area contributed by atoms with Crippen LogP contribution in [0, 0.1) is 0 Å². The fraction of sp³-hybridized carbons (Fsp3) is 0.300. The van der Waals surface area contributed by atoms with Gasteiger partial charge in [0.2, 0.25) is 0 Å². The molecule has 4 heteroatoms. The Morgan fingerprint density at radius 2 is 2.14 bits per heavy atom. The maximum absolute atomic E-state index is 10.8. The van der Waals surface area contributed by atoms with Crippen LogP contribution in [-0.4, -0.2) is 18.5 Å². The third kappa shape index (κ3) is 3.40. The Kier molecular flexibility index (Phi) is 4.49. The Hall–Kier alpha value is -1.00. The molecule has 0 spiro atoms. The SMILES string of the molecule is COC(SCc1ccccc1)C(N)=O. The lowest BCUT2D eigenvalue weighted by Crippen LogP contribution is -2.27. The molecule has 76 valence electrons. The van der Waals surface area contributed by atoms with Crippen LogP contribution in [0.15, 0.2) is 30.3 Å². The van der Waals surface area contributed by atoms with Gasteiger partial charge in [0.25, 0.3) is 5.91 Å². The number of carbonyl (C=O) groups excluding carboxylic acids is 1. The summed E-state index contributed by atoms with van der Waals surface area (Å²) in [4.78, 5) is 10.8. The van der Waals surface area contributed by atoms with Gasteiger partial charge in [-0.25, -0.2) is 0 Å². The highest BCUT2D eigenvalue weighted by Gasteiger charge is 2.13. The van der Waals surface area contributed by atoms with Crippen LogP contribution in [-0.2, 0) is 15.3 Å². The van der Waals surface area contributed by atoms with E-state index < -0.39 is 11.3 Å². The van der Waals surface area contributed by atoms with Crippen molar-refractivity contribution in [1.82, 2.24) is 0 Å². The van der Waals surface area contributed by atoms with Crippen molar-refractivity contribution in [3.63, 3.8) is 0 Å². The second-order valence-corrected chi connectivity index (χ2v) is 3.82. The van der Waals surface area contributed by atoms with E-state index in [1.807, 2.05) is 30.3 Å². The molecule has 14 heavy (non-hydrogen) atoms. The van der Waals surface area contributed by atoms with Crippen molar-refractivity contribution < 1.29 is 9.53 Å². The molecule has 0 saturated carbocycles. The number of amides is 1. The summed E-state index contributed by atoms with van der Waals surface area (Å²) in [5.74, 6) is 0.288. The van der Waals surface area contributed by atoms with E-state index in [1.165, 1.54) is 18.9 Å². The number of thioether (sulfide) groups is 1. The molecule has 0 aromatic heterocycles. The number of nitrogens with two attached hydrogens (primary N) is 1. The van der Waals surface area contributed by atoms with E-state index in [0.29, 0.717) is 0 Å². The number of rotatable bonds is 5. The van der Waals surface area contributed by atoms with E-state index in [1.54, 1.807) is 0 Å². The predicted molar refractivity (Wildman–Crippen MR) is 57.7 cm³/mol. The minimum absolute atomic E-state index is 0.437. The Morgan fingerprint density at radius 3 is 2.64 bits per heavy atom. The molecule has 3 nitrogen and oxygen atoms in total. The Labute approximate surface area is 87.6 Å². The molecule has 0 heterocycles. The van der Waals surface area contributed by atoms with Crippen molar-refractivity contribution in [2.45, 2.75) is 11.2 Å². The van der Waals surface area contributed by atoms with Gasteiger partial charge in [-0.1, -0.05) is 30.3 Å². The molecule has 1 aromatic carbocycles. The predicted octanol–water partition coefficient (Wildman–Crippen LogP) is 1.38. The van der Waals surface area contributed by atoms with Gasteiger partial charge in [-0.15, -0.1) is 11.8 Å². The highest BCUT2D eigenvalue weighted by Crippen LogP contribution is 2.17. The Balaban J connectivity index is 2.44. The number of methoxy groups -OCH3 is 1. The number of carbonyl (C=O) groups is 1. The molecule has 0 fully saturated rings. The standard InChI is InChI=1S/C10H13NO2S/c1-13-10(9(11)12)14-7-8-5-3-2-4-6-8/h2-6,10H,7H2,1H3,(H2,11,12). The molecule has 1 aromatic rings. The number of ether oxygens (including phenoxy) is 1. The molecule has 0 aliphatic carbocycles. The van der Waals surface area contributed by atoms with Crippen molar-refractivity contribution in [2.24, 2.45) is 5.73 Å². The third-order valence-corrected chi connectivity index (χ3v) is 2.92. The monoisotopic (exact) mass is 211 g/mol. The first-order valence-corrected chi connectivity index (χ1v) is 5.26. The maximum Gasteiger partial charge on any atom is 0.257 e. The lowest BCUT2D eigenvalue weighted by atomic mass is 10.2. The molecule has 1 unspecified atom stereocenters. The van der Waals surface area contributed by atoms with Gasteiger partial charge in [-0.3, -0.25) is 4.79 Å². The molecule has 0 saturated heterocycles. The van der Waals surface area contributed by atoms with Crippen LogP contribution in [0.5, 0.6) is 0 Å². The van der Waals surface area contributed by atoms with Crippen LogP contribution in [0.25, 0.3) is 0 Å². The van der Waals surface area contributed by atoms with E-state index in [-0.39, 0.29) is 0 Å². The summed E-state index contributed by atoms with van der Waals surface area (Å²) in [7, 11) is 1.48. The molecule has 0 radical (unpaired) electrons. The average Bonchev–Trinajstić information content (AvgIpc) is 2.20. The molecular formula is C10H13NO2S. The fourth-order valence-corrected chi connectivity index (χ4v) is 1.85. The van der Waals surface area contributed by atoms with E-state index in [9.17, 15) is 4.79 Å². The summed E-state index contributed by atoms with van der Waals surface area (Å²) >= 11 is 1.39. The molecule has 1 atom stereocenters. The molecule has 0 aliphatic heterocycles. The number of primary amides is 1. The van der Waals surface area contributed by atoms with Gasteiger partial charge in [-0.2, -0.15) is 0 Å². The average molecular weight is 211 g/mol. The highest BCUT2D eigenvalue weighted by molar-refractivity contribution is 7.99. The van der Waals surface area contributed by atoms with Crippen molar-refractivity contribution in [3.8, 4) is 0 Å². The van der Waals surface area contributed by atoms with Crippen LogP contribution < -0.4 is 5.73 Å². The van der Waals surface area contributed by atoms with Crippen molar-refractivity contribution >= 4 is 17.7 Å². The first kappa shape index (κ1) is 11.1. The van der Waals surface area contributed by atoms with E-state index in [0.717, 1.165) is 11.3 Å². The van der Waals surface area contributed by atoms with E-state index in [2.05, 4.69) is 0 Å². The topological polar surface area (TPSA) is 52.3 Å². The smallest absolute Gasteiger partial charge is 0.257 e. The molecule has 1 amide bonds. The molecule has 2 N–H and O–H groups in total. The van der Waals surface area contributed by atoms with Crippen LogP contribution in [0.2, 0.25) is 0 Å². The van der Waals surface area contributed by atoms with Crippen molar-refractivity contribution in [2.75, 3.05) is 7.11 Å². The summed E-state index contributed by atoms with van der Waals surface area (Å²) in [5.41, 5.74) is 5.72. The fourth-order valence-electron chi connectivity index (χ4n) is 1.01. The summed E-state index contributed by atoms with van der Waals surface area (Å²) in [6.45, 7) is 0. The second kappa shape index (κ2) is 5.67. The second-order valence-electron chi connectivity index (χ2n) is 2.77. The molecule has 0 aliphatic rings. The summed E-state index contributed by atoms with van der Waals surface area (Å²) in [6, 6.07) is 9.88. The van der Waals surface area contributed by atoms with E-state index >= 15 is 0 Å². The van der Waals surface area contributed by atoms with Crippen LogP contribution in [0.4, 0.5) is 0 Å². The van der Waals surface area contributed by atoms with Gasteiger partial charge >= 0.3 is 0 Å². The summed E-state index contributed by atoms with van der Waals surface area (Å²) in [6.07, 6.45) is 0. The summed E-state index contributed by atoms with van der Waals surface area (Å²) < 4.78 is 4.92. The van der Waals surface area contributed by atoms with Gasteiger partial charge in [0.15, 0.2) is 5.44 Å². The van der Waals surface area contributed by atoms with Gasteiger partial charge in [0.05, 0.1) is 0 Å². The van der Waals surface area contributed by atoms with Gasteiger partial charge < -0.3 is 10.5 Å². The minimum atomic E-state index is -0.560. The third-order valence-electron chi connectivity index (χ3n) is 1.69. The minimum Gasteiger partial charge on any atom is -0.367 e.